The number of benzene rings is 1. The Hall–Kier alpha value is -1.41. The molecule has 1 aromatic rings. The van der Waals surface area contributed by atoms with E-state index in [1.807, 2.05) is 0 Å². The summed E-state index contributed by atoms with van der Waals surface area (Å²) in [6.45, 7) is 0. The molecular weight excluding hydrogens is 264 g/mol. The first kappa shape index (κ1) is 12.1. The van der Waals surface area contributed by atoms with Crippen molar-refractivity contribution in [1.29, 1.82) is 0 Å². The first-order valence-electron chi connectivity index (χ1n) is 4.61. The van der Waals surface area contributed by atoms with Crippen LogP contribution in [0, 0.1) is 0 Å². The lowest BCUT2D eigenvalue weighted by Gasteiger charge is -2.16. The molecule has 0 saturated carbocycles. The van der Waals surface area contributed by atoms with Crippen molar-refractivity contribution in [3.63, 3.8) is 0 Å². The van der Waals surface area contributed by atoms with Crippen LogP contribution in [0.5, 0.6) is 0 Å². The highest BCUT2D eigenvalue weighted by Crippen LogP contribution is 2.25. The Balaban J connectivity index is 2.83. The highest BCUT2D eigenvalue weighted by Gasteiger charge is 2.27. The van der Waals surface area contributed by atoms with Gasteiger partial charge < -0.3 is 5.73 Å². The van der Waals surface area contributed by atoms with Gasteiger partial charge in [-0.05, 0) is 11.6 Å². The zero-order valence-corrected chi connectivity index (χ0v) is 10.5. The predicted molar refractivity (Wildman–Crippen MR) is 62.9 cm³/mol. The van der Waals surface area contributed by atoms with Gasteiger partial charge in [0.05, 0.1) is 10.6 Å². The minimum absolute atomic E-state index is 0.00569. The van der Waals surface area contributed by atoms with Crippen LogP contribution < -0.4 is 5.73 Å². The van der Waals surface area contributed by atoms with E-state index in [-0.39, 0.29) is 22.0 Å². The fourth-order valence-electron chi connectivity index (χ4n) is 1.72. The third-order valence-electron chi connectivity index (χ3n) is 2.34. The second-order valence-corrected chi connectivity index (χ2v) is 7.38. The van der Waals surface area contributed by atoms with Crippen molar-refractivity contribution in [3.8, 4) is 0 Å². The molecule has 0 aromatic heterocycles. The second kappa shape index (κ2) is 3.54. The van der Waals surface area contributed by atoms with E-state index >= 15 is 0 Å². The van der Waals surface area contributed by atoms with Gasteiger partial charge in [0, 0.05) is 11.8 Å². The largest absolute Gasteiger partial charge is 0.382 e. The van der Waals surface area contributed by atoms with Gasteiger partial charge in [0.2, 0.25) is 0 Å². The maximum atomic E-state index is 11.6. The van der Waals surface area contributed by atoms with Gasteiger partial charge in [0.15, 0.2) is 9.84 Å². The van der Waals surface area contributed by atoms with Gasteiger partial charge in [-0.25, -0.2) is 16.8 Å². The average Bonchev–Trinajstić information content (AvgIpc) is 2.13. The van der Waals surface area contributed by atoms with Crippen molar-refractivity contribution in [3.05, 3.63) is 29.3 Å². The molecule has 0 bridgehead atoms. The van der Waals surface area contributed by atoms with E-state index in [0.717, 1.165) is 6.26 Å². The molecule has 1 aliphatic heterocycles. The number of sulfonamides is 1. The maximum absolute atomic E-state index is 11.6. The van der Waals surface area contributed by atoms with E-state index in [9.17, 15) is 16.8 Å². The standard InChI is InChI=1S/C9H10N2O4S2/c1-16(12,13)7-4-2-3-6-5-17(14,15)11-9(10)8(6)7/h2-4H,5H2,1H3,(H2,10,11). The first-order valence-corrected chi connectivity index (χ1v) is 8.11. The van der Waals surface area contributed by atoms with Crippen molar-refractivity contribution in [2.75, 3.05) is 6.26 Å². The molecule has 0 saturated heterocycles. The Labute approximate surface area is 99.1 Å². The maximum Gasteiger partial charge on any atom is 0.259 e. The first-order chi connectivity index (χ1) is 7.71. The quantitative estimate of drug-likeness (QED) is 0.752. The lowest BCUT2D eigenvalue weighted by molar-refractivity contribution is 0.594. The van der Waals surface area contributed by atoms with Crippen LogP contribution in [-0.2, 0) is 25.6 Å². The number of hydrogen-bond donors (Lipinski definition) is 1. The Morgan fingerprint density at radius 3 is 2.59 bits per heavy atom. The molecule has 2 rings (SSSR count). The Bertz CT molecular complexity index is 717. The highest BCUT2D eigenvalue weighted by molar-refractivity contribution is 7.91. The smallest absolute Gasteiger partial charge is 0.259 e. The minimum atomic E-state index is -3.64. The Morgan fingerprint density at radius 1 is 1.35 bits per heavy atom. The minimum Gasteiger partial charge on any atom is -0.382 e. The number of sulfone groups is 1. The number of fused-ring (bicyclic) bond motifs is 1. The molecule has 6 nitrogen and oxygen atoms in total. The van der Waals surface area contributed by atoms with Crippen molar-refractivity contribution >= 4 is 25.7 Å². The molecule has 0 spiro atoms. The van der Waals surface area contributed by atoms with E-state index in [2.05, 4.69) is 4.40 Å². The molecule has 0 atom stereocenters. The molecular formula is C9H10N2O4S2. The van der Waals surface area contributed by atoms with Crippen LogP contribution in [0.25, 0.3) is 0 Å². The molecule has 1 aromatic carbocycles. The van der Waals surface area contributed by atoms with Crippen LogP contribution in [0.15, 0.2) is 27.5 Å². The Morgan fingerprint density at radius 2 is 2.00 bits per heavy atom. The molecule has 17 heavy (non-hydrogen) atoms. The molecule has 0 aliphatic carbocycles. The van der Waals surface area contributed by atoms with Crippen LogP contribution in [-0.4, -0.2) is 28.9 Å². The lowest BCUT2D eigenvalue weighted by atomic mass is 10.1. The summed E-state index contributed by atoms with van der Waals surface area (Å²) >= 11 is 0. The summed E-state index contributed by atoms with van der Waals surface area (Å²) in [5, 5.41) is 0. The van der Waals surface area contributed by atoms with Gasteiger partial charge in [-0.1, -0.05) is 12.1 Å². The SMILES string of the molecule is CS(=O)(=O)c1cccc2c1C(N)=NS(=O)(=O)C2. The third-order valence-corrected chi connectivity index (χ3v) is 4.63. The fourth-order valence-corrected chi connectivity index (χ4v) is 3.74. The van der Waals surface area contributed by atoms with Gasteiger partial charge >= 0.3 is 0 Å². The molecule has 2 N–H and O–H groups in total. The molecule has 92 valence electrons. The van der Waals surface area contributed by atoms with Gasteiger partial charge in [-0.3, -0.25) is 0 Å². The summed E-state index contributed by atoms with van der Waals surface area (Å²) in [6.07, 6.45) is 1.04. The summed E-state index contributed by atoms with van der Waals surface area (Å²) in [4.78, 5) is 0.00569. The zero-order chi connectivity index (χ0) is 12.8. The van der Waals surface area contributed by atoms with E-state index < -0.39 is 19.9 Å². The van der Waals surface area contributed by atoms with E-state index in [0.29, 0.717) is 5.56 Å². The molecule has 0 radical (unpaired) electrons. The van der Waals surface area contributed by atoms with Gasteiger partial charge in [0.25, 0.3) is 10.0 Å². The van der Waals surface area contributed by atoms with Crippen molar-refractivity contribution in [2.45, 2.75) is 10.6 Å². The van der Waals surface area contributed by atoms with E-state index in [4.69, 9.17) is 5.73 Å². The molecule has 8 heteroatoms. The monoisotopic (exact) mass is 274 g/mol. The molecule has 0 unspecified atom stereocenters. The number of nitrogens with zero attached hydrogens (tertiary/aromatic N) is 1. The van der Waals surface area contributed by atoms with Crippen molar-refractivity contribution in [2.24, 2.45) is 10.1 Å². The summed E-state index contributed by atoms with van der Waals surface area (Å²) in [6, 6.07) is 4.40. The third kappa shape index (κ3) is 2.18. The van der Waals surface area contributed by atoms with E-state index in [1.54, 1.807) is 0 Å². The number of rotatable bonds is 1. The van der Waals surface area contributed by atoms with Crippen molar-refractivity contribution in [1.82, 2.24) is 0 Å². The van der Waals surface area contributed by atoms with Gasteiger partial charge in [-0.15, -0.1) is 4.40 Å². The number of amidine groups is 1. The second-order valence-electron chi connectivity index (χ2n) is 3.77. The highest BCUT2D eigenvalue weighted by atomic mass is 32.2. The summed E-state index contributed by atoms with van der Waals surface area (Å²) < 4.78 is 49.2. The number of hydrogen-bond acceptors (Lipinski definition) is 5. The molecule has 0 fully saturated rings. The van der Waals surface area contributed by atoms with Crippen LogP contribution in [0.4, 0.5) is 0 Å². The van der Waals surface area contributed by atoms with Crippen LogP contribution >= 0.6 is 0 Å². The van der Waals surface area contributed by atoms with Gasteiger partial charge in [0.1, 0.15) is 5.84 Å². The average molecular weight is 274 g/mol. The normalized spacial score (nSPS) is 18.3. The van der Waals surface area contributed by atoms with E-state index in [1.165, 1.54) is 18.2 Å². The van der Waals surface area contributed by atoms with Crippen LogP contribution in [0.1, 0.15) is 11.1 Å². The zero-order valence-electron chi connectivity index (χ0n) is 8.91. The van der Waals surface area contributed by atoms with Crippen molar-refractivity contribution < 1.29 is 16.8 Å². The summed E-state index contributed by atoms with van der Waals surface area (Å²) in [5.41, 5.74) is 6.09. The predicted octanol–water partition coefficient (Wildman–Crippen LogP) is -0.361. The number of nitrogens with two attached hydrogens (primary N) is 1. The van der Waals surface area contributed by atoms with Crippen LogP contribution in [0.3, 0.4) is 0 Å². The topological polar surface area (TPSA) is 107 Å². The Kier molecular flexibility index (Phi) is 2.51. The summed E-state index contributed by atoms with van der Waals surface area (Å²) in [5.74, 6) is -0.598. The molecule has 1 aliphatic rings. The fraction of sp³-hybridized carbons (Fsp3) is 0.222. The van der Waals surface area contributed by atoms with Crippen LogP contribution in [0.2, 0.25) is 0 Å². The lowest BCUT2D eigenvalue weighted by Crippen LogP contribution is -2.26. The van der Waals surface area contributed by atoms with Gasteiger partial charge in [-0.2, -0.15) is 0 Å². The molecule has 1 heterocycles. The summed E-state index contributed by atoms with van der Waals surface area (Å²) in [7, 11) is -7.11. The molecule has 0 amide bonds.